The molecule has 178 valence electrons. The molecule has 1 aromatic carbocycles. The Morgan fingerprint density at radius 1 is 1.30 bits per heavy atom. The standard InChI is InChI=1S/C25H33ClN4O2S/c1-14(2)22(29-24-28-17(12-33-24)11-21(31)27-15(3)4)23(32)30-9-8-19-18-7-6-16(26)10-20(18)25(19,5)13-30/h6-7,10,12,14-15,19,22H,8-9,11,13H2,1-5H3,(H,27,31)(H,28,29)/t19?,22-,25?/m1/s1. The number of halogens is 1. The van der Waals surface area contributed by atoms with Crippen LogP contribution in [0.1, 0.15) is 63.8 Å². The van der Waals surface area contributed by atoms with Crippen LogP contribution < -0.4 is 10.6 Å². The van der Waals surface area contributed by atoms with E-state index in [0.717, 1.165) is 18.0 Å². The number of fused-ring (bicyclic) bond motifs is 4. The summed E-state index contributed by atoms with van der Waals surface area (Å²) in [5.41, 5.74) is 3.32. The lowest BCUT2D eigenvalue weighted by atomic mass is 9.54. The summed E-state index contributed by atoms with van der Waals surface area (Å²) in [6.45, 7) is 11.7. The summed E-state index contributed by atoms with van der Waals surface area (Å²) >= 11 is 7.70. The lowest BCUT2D eigenvalue weighted by Crippen LogP contribution is -2.59. The van der Waals surface area contributed by atoms with Crippen LogP contribution in [0.2, 0.25) is 5.02 Å². The number of rotatable bonds is 7. The molecular formula is C25H33ClN4O2S. The van der Waals surface area contributed by atoms with Gasteiger partial charge in [-0.05, 0) is 55.4 Å². The van der Waals surface area contributed by atoms with Crippen LogP contribution in [0.25, 0.3) is 0 Å². The number of hydrogen-bond donors (Lipinski definition) is 2. The van der Waals surface area contributed by atoms with Crippen LogP contribution in [0.15, 0.2) is 23.6 Å². The highest BCUT2D eigenvalue weighted by atomic mass is 35.5. The first-order valence-corrected chi connectivity index (χ1v) is 12.9. The van der Waals surface area contributed by atoms with E-state index < -0.39 is 0 Å². The summed E-state index contributed by atoms with van der Waals surface area (Å²) in [7, 11) is 0. The molecule has 4 rings (SSSR count). The fraction of sp³-hybridized carbons (Fsp3) is 0.560. The number of aromatic nitrogens is 1. The van der Waals surface area contributed by atoms with E-state index >= 15 is 0 Å². The minimum absolute atomic E-state index is 0.0460. The molecule has 1 fully saturated rings. The topological polar surface area (TPSA) is 74.3 Å². The number of thiazole rings is 1. The Balaban J connectivity index is 1.44. The fourth-order valence-electron chi connectivity index (χ4n) is 5.23. The van der Waals surface area contributed by atoms with Crippen molar-refractivity contribution in [2.45, 2.75) is 70.9 Å². The molecule has 2 unspecified atom stereocenters. The number of carbonyl (C=O) groups is 2. The molecule has 2 amide bonds. The number of piperidine rings is 1. The summed E-state index contributed by atoms with van der Waals surface area (Å²) < 4.78 is 0. The molecule has 2 aliphatic rings. The first-order chi connectivity index (χ1) is 15.6. The number of anilines is 1. The van der Waals surface area contributed by atoms with Gasteiger partial charge in [0.25, 0.3) is 0 Å². The van der Waals surface area contributed by atoms with E-state index in [1.165, 1.54) is 22.5 Å². The van der Waals surface area contributed by atoms with Crippen molar-refractivity contribution in [3.05, 3.63) is 45.4 Å². The van der Waals surface area contributed by atoms with Crippen LogP contribution in [-0.2, 0) is 21.4 Å². The molecule has 8 heteroatoms. The predicted octanol–water partition coefficient (Wildman–Crippen LogP) is 4.59. The molecule has 0 bridgehead atoms. The van der Waals surface area contributed by atoms with Gasteiger partial charge in [0.2, 0.25) is 11.8 Å². The molecule has 1 saturated heterocycles. The molecule has 0 radical (unpaired) electrons. The van der Waals surface area contributed by atoms with Crippen molar-refractivity contribution < 1.29 is 9.59 Å². The van der Waals surface area contributed by atoms with Gasteiger partial charge < -0.3 is 15.5 Å². The first kappa shape index (κ1) is 24.0. The smallest absolute Gasteiger partial charge is 0.245 e. The molecule has 1 aromatic heterocycles. The summed E-state index contributed by atoms with van der Waals surface area (Å²) in [6.07, 6.45) is 1.21. The molecular weight excluding hydrogens is 456 g/mol. The van der Waals surface area contributed by atoms with Crippen molar-refractivity contribution in [1.29, 1.82) is 0 Å². The quantitative estimate of drug-likeness (QED) is 0.597. The van der Waals surface area contributed by atoms with E-state index in [0.29, 0.717) is 23.3 Å². The lowest BCUT2D eigenvalue weighted by molar-refractivity contribution is -0.136. The minimum atomic E-state index is -0.368. The van der Waals surface area contributed by atoms with E-state index in [1.807, 2.05) is 44.0 Å². The number of hydrogen-bond acceptors (Lipinski definition) is 5. The largest absolute Gasteiger partial charge is 0.354 e. The Kier molecular flexibility index (Phi) is 6.74. The molecule has 0 spiro atoms. The summed E-state index contributed by atoms with van der Waals surface area (Å²) in [6, 6.07) is 5.90. The van der Waals surface area contributed by atoms with Crippen molar-refractivity contribution in [3.63, 3.8) is 0 Å². The molecule has 2 N–H and O–H groups in total. The van der Waals surface area contributed by atoms with Crippen LogP contribution in [0.3, 0.4) is 0 Å². The summed E-state index contributed by atoms with van der Waals surface area (Å²) in [5.74, 6) is 0.644. The molecule has 2 heterocycles. The molecule has 3 atom stereocenters. The average Bonchev–Trinajstić information content (AvgIpc) is 3.17. The predicted molar refractivity (Wildman–Crippen MR) is 134 cm³/mol. The van der Waals surface area contributed by atoms with E-state index in [4.69, 9.17) is 11.6 Å². The van der Waals surface area contributed by atoms with Crippen molar-refractivity contribution in [2.24, 2.45) is 5.92 Å². The molecule has 6 nitrogen and oxygen atoms in total. The van der Waals surface area contributed by atoms with Crippen molar-refractivity contribution >= 4 is 39.9 Å². The minimum Gasteiger partial charge on any atom is -0.354 e. The maximum absolute atomic E-state index is 13.6. The number of likely N-dealkylation sites (tertiary alicyclic amines) is 1. The zero-order chi connectivity index (χ0) is 23.9. The van der Waals surface area contributed by atoms with Gasteiger partial charge in [0.1, 0.15) is 6.04 Å². The normalized spacial score (nSPS) is 22.4. The number of amides is 2. The van der Waals surface area contributed by atoms with E-state index in [2.05, 4.69) is 34.7 Å². The second-order valence-electron chi connectivity index (χ2n) is 10.2. The third kappa shape index (κ3) is 4.76. The van der Waals surface area contributed by atoms with Crippen LogP contribution >= 0.6 is 22.9 Å². The Labute approximate surface area is 205 Å². The molecule has 1 aliphatic heterocycles. The Morgan fingerprint density at radius 2 is 2.06 bits per heavy atom. The van der Waals surface area contributed by atoms with Gasteiger partial charge in [-0.15, -0.1) is 11.3 Å². The van der Waals surface area contributed by atoms with E-state index in [9.17, 15) is 9.59 Å². The van der Waals surface area contributed by atoms with Crippen LogP contribution in [0.4, 0.5) is 5.13 Å². The number of carbonyl (C=O) groups excluding carboxylic acids is 2. The molecule has 0 saturated carbocycles. The monoisotopic (exact) mass is 488 g/mol. The van der Waals surface area contributed by atoms with Crippen LogP contribution in [-0.4, -0.2) is 46.9 Å². The highest BCUT2D eigenvalue weighted by Gasteiger charge is 2.52. The van der Waals surface area contributed by atoms with Crippen molar-refractivity contribution in [1.82, 2.24) is 15.2 Å². The van der Waals surface area contributed by atoms with Gasteiger partial charge in [-0.3, -0.25) is 9.59 Å². The van der Waals surface area contributed by atoms with Gasteiger partial charge in [0.05, 0.1) is 12.1 Å². The second-order valence-corrected chi connectivity index (χ2v) is 11.5. The van der Waals surface area contributed by atoms with Crippen molar-refractivity contribution in [3.8, 4) is 0 Å². The SMILES string of the molecule is CC(C)NC(=O)Cc1csc(N[C@@H](C(=O)N2CCC3c4ccc(Cl)cc4C3(C)C2)C(C)C)n1. The summed E-state index contributed by atoms with van der Waals surface area (Å²) in [5, 5.41) is 9.55. The van der Waals surface area contributed by atoms with Crippen LogP contribution in [0.5, 0.6) is 0 Å². The highest BCUT2D eigenvalue weighted by molar-refractivity contribution is 7.13. The number of benzene rings is 1. The van der Waals surface area contributed by atoms with Crippen molar-refractivity contribution in [2.75, 3.05) is 18.4 Å². The van der Waals surface area contributed by atoms with Gasteiger partial charge in [-0.1, -0.05) is 38.4 Å². The van der Waals surface area contributed by atoms with E-state index in [-0.39, 0.29) is 41.7 Å². The van der Waals surface area contributed by atoms with Gasteiger partial charge in [0, 0.05) is 34.9 Å². The zero-order valence-corrected chi connectivity index (χ0v) is 21.5. The molecule has 1 aliphatic carbocycles. The fourth-order valence-corrected chi connectivity index (χ4v) is 6.15. The Morgan fingerprint density at radius 3 is 2.76 bits per heavy atom. The van der Waals surface area contributed by atoms with E-state index in [1.54, 1.807) is 0 Å². The highest BCUT2D eigenvalue weighted by Crippen LogP contribution is 2.56. The first-order valence-electron chi connectivity index (χ1n) is 11.7. The van der Waals surface area contributed by atoms with Gasteiger partial charge in [0.15, 0.2) is 5.13 Å². The maximum Gasteiger partial charge on any atom is 0.245 e. The second kappa shape index (κ2) is 9.26. The molecule has 2 aromatic rings. The lowest BCUT2D eigenvalue weighted by Gasteiger charge is -2.55. The third-order valence-corrected chi connectivity index (χ3v) is 7.91. The van der Waals surface area contributed by atoms with Gasteiger partial charge in [-0.25, -0.2) is 4.98 Å². The summed E-state index contributed by atoms with van der Waals surface area (Å²) in [4.78, 5) is 32.2. The maximum atomic E-state index is 13.6. The Bertz CT molecular complexity index is 1050. The Hall–Kier alpha value is -2.12. The van der Waals surface area contributed by atoms with Crippen LogP contribution in [0, 0.1) is 5.92 Å². The number of nitrogens with one attached hydrogen (secondary N) is 2. The van der Waals surface area contributed by atoms with Gasteiger partial charge in [-0.2, -0.15) is 0 Å². The third-order valence-electron chi connectivity index (χ3n) is 6.85. The number of nitrogens with zero attached hydrogens (tertiary/aromatic N) is 2. The molecule has 33 heavy (non-hydrogen) atoms. The zero-order valence-electron chi connectivity index (χ0n) is 19.9. The van der Waals surface area contributed by atoms with Gasteiger partial charge >= 0.3 is 0 Å². The average molecular weight is 489 g/mol.